The van der Waals surface area contributed by atoms with Crippen LogP contribution in [0.1, 0.15) is 58.9 Å². The summed E-state index contributed by atoms with van der Waals surface area (Å²) in [5.74, 6) is 0. The summed E-state index contributed by atoms with van der Waals surface area (Å²) < 4.78 is 11.6. The SMILES string of the molecule is CC.CCCC(C)(Cc1ccccc1)OC(=O)N1CC[C@@H]2CC1[C@@H](O)CO2. The molecule has 2 saturated heterocycles. The molecule has 2 unspecified atom stereocenters. The molecule has 0 aromatic heterocycles. The van der Waals surface area contributed by atoms with Crippen LogP contribution in [0.25, 0.3) is 0 Å². The number of carbonyl (C=O) groups is 1. The lowest BCUT2D eigenvalue weighted by atomic mass is 9.91. The third-order valence-electron chi connectivity index (χ3n) is 5.31. The number of hydrogen-bond donors (Lipinski definition) is 1. The first-order valence-corrected chi connectivity index (χ1v) is 10.3. The second kappa shape index (κ2) is 10.1. The third kappa shape index (κ3) is 5.69. The summed E-state index contributed by atoms with van der Waals surface area (Å²) in [7, 11) is 0. The molecule has 2 aliphatic heterocycles. The number of hydrogen-bond acceptors (Lipinski definition) is 4. The molecule has 152 valence electrons. The molecule has 1 N–H and O–H groups in total. The number of rotatable bonds is 5. The highest BCUT2D eigenvalue weighted by atomic mass is 16.6. The summed E-state index contributed by atoms with van der Waals surface area (Å²) in [6.45, 7) is 8.99. The summed E-state index contributed by atoms with van der Waals surface area (Å²) in [5.41, 5.74) is 0.622. The molecule has 5 heteroatoms. The molecule has 2 heterocycles. The van der Waals surface area contributed by atoms with Gasteiger partial charge in [0.2, 0.25) is 0 Å². The molecule has 5 nitrogen and oxygen atoms in total. The molecule has 2 bridgehead atoms. The topological polar surface area (TPSA) is 59.0 Å². The van der Waals surface area contributed by atoms with Gasteiger partial charge in [-0.05, 0) is 31.7 Å². The Kier molecular flexibility index (Phi) is 8.11. The molecule has 3 rings (SSSR count). The average molecular weight is 378 g/mol. The first-order valence-electron chi connectivity index (χ1n) is 10.3. The smallest absolute Gasteiger partial charge is 0.410 e. The van der Waals surface area contributed by atoms with Crippen LogP contribution in [-0.2, 0) is 15.9 Å². The summed E-state index contributed by atoms with van der Waals surface area (Å²) in [6.07, 6.45) is 3.16. The maximum absolute atomic E-state index is 12.9. The summed E-state index contributed by atoms with van der Waals surface area (Å²) in [5, 5.41) is 10.2. The number of carbonyl (C=O) groups excluding carboxylic acids is 1. The summed E-state index contributed by atoms with van der Waals surface area (Å²) in [6, 6.07) is 9.94. The molecule has 0 aliphatic carbocycles. The normalized spacial score (nSPS) is 26.4. The van der Waals surface area contributed by atoms with E-state index < -0.39 is 11.7 Å². The van der Waals surface area contributed by atoms with Crippen molar-refractivity contribution < 1.29 is 19.4 Å². The minimum absolute atomic E-state index is 0.156. The van der Waals surface area contributed by atoms with Crippen LogP contribution < -0.4 is 0 Å². The number of aliphatic hydroxyl groups is 1. The molecule has 0 saturated carbocycles. The predicted octanol–water partition coefficient (Wildman–Crippen LogP) is 4.17. The maximum Gasteiger partial charge on any atom is 0.410 e. The Labute approximate surface area is 163 Å². The molecule has 2 fully saturated rings. The van der Waals surface area contributed by atoms with E-state index in [1.165, 1.54) is 0 Å². The largest absolute Gasteiger partial charge is 0.443 e. The average Bonchev–Trinajstić information content (AvgIpc) is 2.67. The van der Waals surface area contributed by atoms with Crippen LogP contribution >= 0.6 is 0 Å². The molecule has 1 amide bonds. The zero-order chi connectivity index (χ0) is 19.9. The Hall–Kier alpha value is -1.59. The fraction of sp³-hybridized carbons (Fsp3) is 0.682. The molecule has 1 aromatic rings. The number of benzene rings is 1. The van der Waals surface area contributed by atoms with Crippen molar-refractivity contribution in [1.82, 2.24) is 4.90 Å². The van der Waals surface area contributed by atoms with Crippen LogP contribution in [0.5, 0.6) is 0 Å². The van der Waals surface area contributed by atoms with Gasteiger partial charge in [-0.3, -0.25) is 0 Å². The number of piperidine rings is 1. The van der Waals surface area contributed by atoms with Crippen LogP contribution in [0.2, 0.25) is 0 Å². The molecule has 0 radical (unpaired) electrons. The van der Waals surface area contributed by atoms with Gasteiger partial charge in [0.05, 0.1) is 24.9 Å². The Bertz CT molecular complexity index is 579. The highest BCUT2D eigenvalue weighted by Gasteiger charge is 2.42. The first kappa shape index (κ1) is 21.7. The fourth-order valence-corrected chi connectivity index (χ4v) is 4.05. The predicted molar refractivity (Wildman–Crippen MR) is 107 cm³/mol. The van der Waals surface area contributed by atoms with Crippen molar-refractivity contribution in [1.29, 1.82) is 0 Å². The van der Waals surface area contributed by atoms with Gasteiger partial charge in [-0.1, -0.05) is 57.5 Å². The standard InChI is InChI=1S/C20H29NO4.C2H6/c1-3-10-20(2,13-15-7-5-4-6-8-15)25-19(23)21-11-9-16-12-17(21)18(22)14-24-16;1-2/h4-8,16-18,22H,3,9-14H2,1-2H3;1-2H3/t16-,17?,18+,20?;/m1./s1. The molecule has 0 spiro atoms. The van der Waals surface area contributed by atoms with E-state index in [4.69, 9.17) is 9.47 Å². The van der Waals surface area contributed by atoms with E-state index in [0.717, 1.165) is 24.8 Å². The van der Waals surface area contributed by atoms with Crippen molar-refractivity contribution in [3.05, 3.63) is 35.9 Å². The molecule has 2 aliphatic rings. The van der Waals surface area contributed by atoms with Crippen molar-refractivity contribution in [3.63, 3.8) is 0 Å². The van der Waals surface area contributed by atoms with Crippen LogP contribution in [0.4, 0.5) is 4.79 Å². The van der Waals surface area contributed by atoms with E-state index in [1.807, 2.05) is 39.0 Å². The van der Waals surface area contributed by atoms with E-state index in [9.17, 15) is 9.90 Å². The summed E-state index contributed by atoms with van der Waals surface area (Å²) >= 11 is 0. The Balaban J connectivity index is 0.00000126. The van der Waals surface area contributed by atoms with Gasteiger partial charge in [-0.15, -0.1) is 0 Å². The molecule has 4 atom stereocenters. The molecule has 1 aromatic carbocycles. The highest BCUT2D eigenvalue weighted by Crippen LogP contribution is 2.30. The van der Waals surface area contributed by atoms with Crippen molar-refractivity contribution in [3.8, 4) is 0 Å². The van der Waals surface area contributed by atoms with Crippen LogP contribution in [-0.4, -0.2) is 53.1 Å². The monoisotopic (exact) mass is 377 g/mol. The van der Waals surface area contributed by atoms with Crippen LogP contribution in [0.15, 0.2) is 30.3 Å². The first-order chi connectivity index (χ1) is 13.0. The van der Waals surface area contributed by atoms with Gasteiger partial charge in [-0.25, -0.2) is 4.79 Å². The number of aliphatic hydroxyl groups excluding tert-OH is 1. The van der Waals surface area contributed by atoms with E-state index in [1.54, 1.807) is 4.90 Å². The quantitative estimate of drug-likeness (QED) is 0.836. The summed E-state index contributed by atoms with van der Waals surface area (Å²) in [4.78, 5) is 14.6. The van der Waals surface area contributed by atoms with Crippen molar-refractivity contribution in [2.75, 3.05) is 13.2 Å². The van der Waals surface area contributed by atoms with Crippen molar-refractivity contribution in [2.24, 2.45) is 0 Å². The van der Waals surface area contributed by atoms with Gasteiger partial charge in [0.25, 0.3) is 0 Å². The molecule has 27 heavy (non-hydrogen) atoms. The van der Waals surface area contributed by atoms with E-state index in [0.29, 0.717) is 26.0 Å². The van der Waals surface area contributed by atoms with Gasteiger partial charge >= 0.3 is 6.09 Å². The fourth-order valence-electron chi connectivity index (χ4n) is 4.05. The van der Waals surface area contributed by atoms with Crippen LogP contribution in [0.3, 0.4) is 0 Å². The zero-order valence-corrected chi connectivity index (χ0v) is 17.2. The van der Waals surface area contributed by atoms with Gasteiger partial charge in [0.1, 0.15) is 5.60 Å². The maximum atomic E-state index is 12.9. The second-order valence-corrected chi connectivity index (χ2v) is 7.54. The number of fused-ring (bicyclic) bond motifs is 2. The minimum atomic E-state index is -0.629. The molecular weight excluding hydrogens is 342 g/mol. The van der Waals surface area contributed by atoms with Gasteiger partial charge in [0.15, 0.2) is 0 Å². The number of likely N-dealkylation sites (tertiary alicyclic amines) is 1. The Morgan fingerprint density at radius 2 is 2.04 bits per heavy atom. The number of ether oxygens (including phenoxy) is 2. The third-order valence-corrected chi connectivity index (χ3v) is 5.31. The van der Waals surface area contributed by atoms with E-state index in [2.05, 4.69) is 19.1 Å². The minimum Gasteiger partial charge on any atom is -0.443 e. The van der Waals surface area contributed by atoms with Crippen LogP contribution in [0, 0.1) is 0 Å². The zero-order valence-electron chi connectivity index (χ0n) is 17.2. The van der Waals surface area contributed by atoms with Gasteiger partial charge < -0.3 is 19.5 Å². The Morgan fingerprint density at radius 3 is 2.70 bits per heavy atom. The second-order valence-electron chi connectivity index (χ2n) is 7.54. The van der Waals surface area contributed by atoms with E-state index in [-0.39, 0.29) is 18.2 Å². The Morgan fingerprint density at radius 1 is 1.33 bits per heavy atom. The van der Waals surface area contributed by atoms with Gasteiger partial charge in [0, 0.05) is 13.0 Å². The number of nitrogens with zero attached hydrogens (tertiary/aromatic N) is 1. The lowest BCUT2D eigenvalue weighted by Gasteiger charge is -2.45. The highest BCUT2D eigenvalue weighted by molar-refractivity contribution is 5.69. The number of amides is 1. The van der Waals surface area contributed by atoms with Gasteiger partial charge in [-0.2, -0.15) is 0 Å². The lowest BCUT2D eigenvalue weighted by molar-refractivity contribution is -0.129. The van der Waals surface area contributed by atoms with E-state index >= 15 is 0 Å². The van der Waals surface area contributed by atoms with Crippen molar-refractivity contribution >= 4 is 6.09 Å². The van der Waals surface area contributed by atoms with Crippen molar-refractivity contribution in [2.45, 2.75) is 83.6 Å². The molecular formula is C22H35NO4. The lowest BCUT2D eigenvalue weighted by Crippen LogP contribution is -2.58.